The third-order valence-electron chi connectivity index (χ3n) is 2.08. The first-order valence-electron chi connectivity index (χ1n) is 4.38. The number of halogens is 2. The fraction of sp³-hybridized carbons (Fsp3) is 0.100. The summed E-state index contributed by atoms with van der Waals surface area (Å²) in [5.74, 6) is 0.469. The van der Waals surface area contributed by atoms with Crippen LogP contribution >= 0.6 is 22.6 Å². The highest BCUT2D eigenvalue weighted by Crippen LogP contribution is 2.36. The van der Waals surface area contributed by atoms with E-state index >= 15 is 0 Å². The van der Waals surface area contributed by atoms with Crippen molar-refractivity contribution >= 4 is 28.4 Å². The molecule has 4 nitrogen and oxygen atoms in total. The van der Waals surface area contributed by atoms with Gasteiger partial charge in [0.15, 0.2) is 11.6 Å². The molecule has 0 spiro atoms. The predicted molar refractivity (Wildman–Crippen MR) is 65.6 cm³/mol. The minimum Gasteiger partial charge on any atom is -0.496 e. The van der Waals surface area contributed by atoms with Crippen molar-refractivity contribution in [2.24, 2.45) is 0 Å². The number of hydrogen-bond acceptors (Lipinski definition) is 4. The predicted octanol–water partition coefficient (Wildman–Crippen LogP) is 2.68. The molecule has 0 saturated carbocycles. The molecule has 2 N–H and O–H groups in total. The first kappa shape index (κ1) is 11.2. The fourth-order valence-corrected chi connectivity index (χ4v) is 1.81. The Morgan fingerprint density at radius 3 is 2.81 bits per heavy atom. The van der Waals surface area contributed by atoms with E-state index in [0.29, 0.717) is 9.32 Å². The Morgan fingerprint density at radius 2 is 2.25 bits per heavy atom. The fourth-order valence-electron chi connectivity index (χ4n) is 1.34. The lowest BCUT2D eigenvalue weighted by Gasteiger charge is -2.06. The van der Waals surface area contributed by atoms with Crippen molar-refractivity contribution in [2.45, 2.75) is 0 Å². The van der Waals surface area contributed by atoms with Gasteiger partial charge in [0.25, 0.3) is 0 Å². The minimum absolute atomic E-state index is 0.235. The van der Waals surface area contributed by atoms with Crippen molar-refractivity contribution in [1.29, 1.82) is 0 Å². The zero-order chi connectivity index (χ0) is 11.7. The Kier molecular flexibility index (Phi) is 2.99. The van der Waals surface area contributed by atoms with Gasteiger partial charge in [-0.25, -0.2) is 4.39 Å². The second-order valence-electron chi connectivity index (χ2n) is 3.03. The molecule has 0 aliphatic carbocycles. The van der Waals surface area contributed by atoms with Crippen molar-refractivity contribution < 1.29 is 13.7 Å². The van der Waals surface area contributed by atoms with Crippen molar-refractivity contribution in [3.05, 3.63) is 27.6 Å². The molecule has 6 heteroatoms. The maximum Gasteiger partial charge on any atom is 0.189 e. The van der Waals surface area contributed by atoms with E-state index in [1.165, 1.54) is 13.2 Å². The van der Waals surface area contributed by atoms with Crippen LogP contribution in [0.25, 0.3) is 11.3 Å². The van der Waals surface area contributed by atoms with Crippen LogP contribution in [0.15, 0.2) is 22.7 Å². The van der Waals surface area contributed by atoms with Crippen LogP contribution in [0.3, 0.4) is 0 Å². The second-order valence-corrected chi connectivity index (χ2v) is 4.11. The highest BCUT2D eigenvalue weighted by Gasteiger charge is 2.20. The number of nitrogen functional groups attached to an aromatic ring is 1. The van der Waals surface area contributed by atoms with Crippen LogP contribution in [0.5, 0.6) is 5.75 Å². The summed E-state index contributed by atoms with van der Waals surface area (Å²) < 4.78 is 24.3. The molecule has 0 fully saturated rings. The molecular formula is C10H8FIN2O2. The van der Waals surface area contributed by atoms with E-state index in [0.717, 1.165) is 0 Å². The van der Waals surface area contributed by atoms with E-state index in [1.807, 2.05) is 22.6 Å². The van der Waals surface area contributed by atoms with Gasteiger partial charge in [0.2, 0.25) is 0 Å². The molecule has 2 aromatic rings. The summed E-state index contributed by atoms with van der Waals surface area (Å²) in [6.45, 7) is 0. The normalized spacial score (nSPS) is 10.4. The lowest BCUT2D eigenvalue weighted by Crippen LogP contribution is -1.92. The third kappa shape index (κ3) is 1.73. The minimum atomic E-state index is -0.437. The molecule has 0 aliphatic heterocycles. The summed E-state index contributed by atoms with van der Waals surface area (Å²) in [5.41, 5.74) is 5.78. The van der Waals surface area contributed by atoms with Crippen LogP contribution in [0.4, 0.5) is 10.2 Å². The Morgan fingerprint density at radius 1 is 1.50 bits per heavy atom. The highest BCUT2D eigenvalue weighted by atomic mass is 127. The number of aromatic nitrogens is 1. The number of rotatable bonds is 2. The lowest BCUT2D eigenvalue weighted by atomic mass is 10.1. The molecule has 84 valence electrons. The van der Waals surface area contributed by atoms with Crippen LogP contribution in [-0.2, 0) is 0 Å². The van der Waals surface area contributed by atoms with Crippen LogP contribution in [0, 0.1) is 9.39 Å². The number of anilines is 1. The summed E-state index contributed by atoms with van der Waals surface area (Å²) in [6.07, 6.45) is 0. The molecule has 0 unspecified atom stereocenters. The molecule has 16 heavy (non-hydrogen) atoms. The number of nitrogens with two attached hydrogens (primary N) is 1. The first-order chi connectivity index (χ1) is 7.65. The molecule has 0 saturated heterocycles. The SMILES string of the molecule is COc1cccc(F)c1-c1onc(N)c1I. The number of benzene rings is 1. The van der Waals surface area contributed by atoms with E-state index in [1.54, 1.807) is 12.1 Å². The van der Waals surface area contributed by atoms with E-state index < -0.39 is 5.82 Å². The number of hydrogen-bond donors (Lipinski definition) is 1. The Balaban J connectivity index is 2.68. The zero-order valence-electron chi connectivity index (χ0n) is 8.33. The Labute approximate surface area is 105 Å². The molecule has 1 heterocycles. The number of ether oxygens (including phenoxy) is 1. The molecule has 0 bridgehead atoms. The quantitative estimate of drug-likeness (QED) is 0.858. The van der Waals surface area contributed by atoms with Gasteiger partial charge < -0.3 is 15.0 Å². The third-order valence-corrected chi connectivity index (χ3v) is 3.12. The van der Waals surface area contributed by atoms with Crippen LogP contribution < -0.4 is 10.5 Å². The van der Waals surface area contributed by atoms with E-state index in [-0.39, 0.29) is 17.1 Å². The van der Waals surface area contributed by atoms with Crippen LogP contribution in [0.2, 0.25) is 0 Å². The van der Waals surface area contributed by atoms with Crippen molar-refractivity contribution in [2.75, 3.05) is 12.8 Å². The zero-order valence-corrected chi connectivity index (χ0v) is 10.5. The van der Waals surface area contributed by atoms with Gasteiger partial charge >= 0.3 is 0 Å². The van der Waals surface area contributed by atoms with E-state index in [4.69, 9.17) is 15.0 Å². The molecule has 1 aromatic carbocycles. The van der Waals surface area contributed by atoms with Crippen molar-refractivity contribution in [3.63, 3.8) is 0 Å². The average molecular weight is 334 g/mol. The molecular weight excluding hydrogens is 326 g/mol. The maximum absolute atomic E-state index is 13.7. The Bertz CT molecular complexity index is 528. The van der Waals surface area contributed by atoms with Crippen LogP contribution in [0.1, 0.15) is 0 Å². The standard InChI is InChI=1S/C10H8FIN2O2/c1-15-6-4-2-3-5(11)7(6)9-8(12)10(13)14-16-9/h2-4H,1H3,(H2,13,14). The van der Waals surface area contributed by atoms with Crippen molar-refractivity contribution in [1.82, 2.24) is 5.16 Å². The van der Waals surface area contributed by atoms with E-state index in [2.05, 4.69) is 5.16 Å². The largest absolute Gasteiger partial charge is 0.496 e. The lowest BCUT2D eigenvalue weighted by molar-refractivity contribution is 0.402. The summed E-state index contributed by atoms with van der Waals surface area (Å²) in [6, 6.07) is 4.53. The summed E-state index contributed by atoms with van der Waals surface area (Å²) in [4.78, 5) is 0. The highest BCUT2D eigenvalue weighted by molar-refractivity contribution is 14.1. The molecule has 1 aromatic heterocycles. The van der Waals surface area contributed by atoms with Gasteiger partial charge in [0.1, 0.15) is 15.1 Å². The Hall–Kier alpha value is -1.31. The molecule has 0 atom stereocenters. The van der Waals surface area contributed by atoms with Gasteiger partial charge in [-0.3, -0.25) is 0 Å². The first-order valence-corrected chi connectivity index (χ1v) is 5.46. The summed E-state index contributed by atoms with van der Waals surface area (Å²) in [5, 5.41) is 3.58. The molecule has 0 amide bonds. The number of methoxy groups -OCH3 is 1. The smallest absolute Gasteiger partial charge is 0.189 e. The van der Waals surface area contributed by atoms with Gasteiger partial charge in [0.05, 0.1) is 12.7 Å². The molecule has 0 aliphatic rings. The van der Waals surface area contributed by atoms with Crippen molar-refractivity contribution in [3.8, 4) is 17.1 Å². The topological polar surface area (TPSA) is 61.3 Å². The second kappa shape index (κ2) is 4.28. The van der Waals surface area contributed by atoms with Gasteiger partial charge in [-0.05, 0) is 34.7 Å². The molecule has 2 rings (SSSR count). The van der Waals surface area contributed by atoms with E-state index in [9.17, 15) is 4.39 Å². The summed E-state index contributed by atoms with van der Waals surface area (Å²) >= 11 is 1.95. The monoisotopic (exact) mass is 334 g/mol. The summed E-state index contributed by atoms with van der Waals surface area (Å²) in [7, 11) is 1.46. The van der Waals surface area contributed by atoms with Gasteiger partial charge in [-0.2, -0.15) is 0 Å². The average Bonchev–Trinajstić information content (AvgIpc) is 2.60. The molecule has 0 radical (unpaired) electrons. The maximum atomic E-state index is 13.7. The van der Waals surface area contributed by atoms with Gasteiger partial charge in [-0.15, -0.1) is 0 Å². The van der Waals surface area contributed by atoms with Crippen LogP contribution in [-0.4, -0.2) is 12.3 Å². The van der Waals surface area contributed by atoms with Gasteiger partial charge in [-0.1, -0.05) is 11.2 Å². The van der Waals surface area contributed by atoms with Gasteiger partial charge in [0, 0.05) is 0 Å². The number of nitrogens with zero attached hydrogens (tertiary/aromatic N) is 1.